The summed E-state index contributed by atoms with van der Waals surface area (Å²) in [6, 6.07) is 15.6. The van der Waals surface area contributed by atoms with E-state index < -0.39 is 0 Å². The van der Waals surface area contributed by atoms with Crippen molar-refractivity contribution < 1.29 is 9.15 Å². The van der Waals surface area contributed by atoms with E-state index in [2.05, 4.69) is 43.3 Å². The minimum absolute atomic E-state index is 0.122. The predicted molar refractivity (Wildman–Crippen MR) is 145 cm³/mol. The molecule has 1 fully saturated rings. The van der Waals surface area contributed by atoms with E-state index in [0.717, 1.165) is 38.8 Å². The van der Waals surface area contributed by atoms with Crippen molar-refractivity contribution in [3.8, 4) is 22.8 Å². The molecule has 6 rings (SSSR count). The van der Waals surface area contributed by atoms with Crippen molar-refractivity contribution in [3.05, 3.63) is 74.8 Å². The molecule has 0 radical (unpaired) electrons. The molecule has 0 bridgehead atoms. The number of furan rings is 1. The van der Waals surface area contributed by atoms with Crippen LogP contribution < -0.4 is 10.3 Å². The molecule has 5 aromatic rings. The lowest BCUT2D eigenvalue weighted by molar-refractivity contribution is 0.318. The van der Waals surface area contributed by atoms with E-state index in [0.29, 0.717) is 22.5 Å². The first-order valence-corrected chi connectivity index (χ1v) is 12.9. The van der Waals surface area contributed by atoms with Gasteiger partial charge in [0.2, 0.25) is 0 Å². The van der Waals surface area contributed by atoms with Gasteiger partial charge in [-0.1, -0.05) is 0 Å². The van der Waals surface area contributed by atoms with E-state index in [-0.39, 0.29) is 5.56 Å². The highest BCUT2D eigenvalue weighted by Crippen LogP contribution is 2.34. The maximum absolute atomic E-state index is 13.4. The van der Waals surface area contributed by atoms with Gasteiger partial charge in [-0.15, -0.1) is 0 Å². The van der Waals surface area contributed by atoms with Crippen LogP contribution in [0, 0.1) is 3.57 Å². The number of halogens is 1. The number of nitrogens with zero attached hydrogens (tertiary/aromatic N) is 4. The second-order valence-electron chi connectivity index (χ2n) is 8.88. The van der Waals surface area contributed by atoms with Gasteiger partial charge in [0.25, 0.3) is 5.56 Å². The van der Waals surface area contributed by atoms with Gasteiger partial charge in [-0.05, 0) is 97.1 Å². The minimum atomic E-state index is -0.122. The largest absolute Gasteiger partial charge is 0.496 e. The highest BCUT2D eigenvalue weighted by Gasteiger charge is 2.16. The molecule has 4 heterocycles. The maximum atomic E-state index is 13.4. The fourth-order valence-corrected chi connectivity index (χ4v) is 5.35. The van der Waals surface area contributed by atoms with E-state index in [4.69, 9.17) is 9.15 Å². The number of benzene rings is 2. The zero-order chi connectivity index (χ0) is 23.9. The average molecular weight is 580 g/mol. The number of hydrogen-bond donors (Lipinski definition) is 0. The Hall–Kier alpha value is -3.11. The molecule has 1 aliphatic rings. The van der Waals surface area contributed by atoms with Crippen LogP contribution in [0.25, 0.3) is 38.9 Å². The third kappa shape index (κ3) is 4.14. The second kappa shape index (κ2) is 9.16. The average Bonchev–Trinajstić information content (AvgIpc) is 3.62. The van der Waals surface area contributed by atoms with Crippen LogP contribution in [0.3, 0.4) is 0 Å². The van der Waals surface area contributed by atoms with Gasteiger partial charge in [-0.2, -0.15) is 5.10 Å². The van der Waals surface area contributed by atoms with Gasteiger partial charge in [0.15, 0.2) is 0 Å². The molecule has 1 aliphatic heterocycles. The van der Waals surface area contributed by atoms with Crippen LogP contribution in [0.2, 0.25) is 0 Å². The molecule has 0 unspecified atom stereocenters. The first-order chi connectivity index (χ1) is 17.1. The van der Waals surface area contributed by atoms with Crippen molar-refractivity contribution in [2.24, 2.45) is 0 Å². The fourth-order valence-electron chi connectivity index (χ4n) is 4.89. The molecule has 0 aliphatic carbocycles. The Labute approximate surface area is 216 Å². The summed E-state index contributed by atoms with van der Waals surface area (Å²) in [5.41, 5.74) is 3.13. The molecule has 3 aromatic heterocycles. The lowest BCUT2D eigenvalue weighted by atomic mass is 10.1. The lowest BCUT2D eigenvalue weighted by Gasteiger charge is -2.14. The topological polar surface area (TPSA) is 65.4 Å². The molecule has 178 valence electrons. The van der Waals surface area contributed by atoms with Crippen molar-refractivity contribution in [2.75, 3.05) is 26.7 Å². The Morgan fingerprint density at radius 3 is 2.74 bits per heavy atom. The summed E-state index contributed by atoms with van der Waals surface area (Å²) in [5.74, 6) is 1.32. The van der Waals surface area contributed by atoms with Crippen LogP contribution in [0.15, 0.2) is 70.1 Å². The Morgan fingerprint density at radius 2 is 1.91 bits per heavy atom. The van der Waals surface area contributed by atoms with Crippen molar-refractivity contribution >= 4 is 44.5 Å². The van der Waals surface area contributed by atoms with Gasteiger partial charge in [-0.3, -0.25) is 14.0 Å². The Bertz CT molecular complexity index is 1590. The molecular weight excluding hydrogens is 555 g/mol. The number of pyridine rings is 1. The molecule has 0 N–H and O–H groups in total. The second-order valence-corrected chi connectivity index (χ2v) is 10.1. The highest BCUT2D eigenvalue weighted by atomic mass is 127. The van der Waals surface area contributed by atoms with Crippen LogP contribution >= 0.6 is 22.6 Å². The summed E-state index contributed by atoms with van der Waals surface area (Å²) in [5, 5.41) is 6.15. The van der Waals surface area contributed by atoms with Crippen molar-refractivity contribution in [2.45, 2.75) is 19.4 Å². The predicted octanol–water partition coefficient (Wildman–Crippen LogP) is 5.31. The molecule has 0 amide bonds. The summed E-state index contributed by atoms with van der Waals surface area (Å²) in [6.45, 7) is 4.25. The molecule has 0 spiro atoms. The van der Waals surface area contributed by atoms with Crippen molar-refractivity contribution in [1.29, 1.82) is 0 Å². The Kier molecular flexibility index (Phi) is 5.85. The monoisotopic (exact) mass is 580 g/mol. The summed E-state index contributed by atoms with van der Waals surface area (Å²) < 4.78 is 16.4. The van der Waals surface area contributed by atoms with Crippen molar-refractivity contribution in [3.63, 3.8) is 0 Å². The quantitative estimate of drug-likeness (QED) is 0.255. The molecular formula is C27H25IN4O3. The van der Waals surface area contributed by atoms with E-state index >= 15 is 0 Å². The number of likely N-dealkylation sites (tertiary alicyclic amines) is 1. The molecule has 2 aromatic carbocycles. The molecule has 7 nitrogen and oxygen atoms in total. The normalized spacial score (nSPS) is 14.3. The number of methoxy groups -OCH3 is 1. The van der Waals surface area contributed by atoms with Crippen LogP contribution in [-0.4, -0.2) is 46.0 Å². The van der Waals surface area contributed by atoms with Gasteiger partial charge in [0.05, 0.1) is 36.3 Å². The molecule has 0 saturated carbocycles. The van der Waals surface area contributed by atoms with Crippen LogP contribution in [0.1, 0.15) is 12.8 Å². The minimum Gasteiger partial charge on any atom is -0.496 e. The number of ether oxygens (including phenoxy) is 1. The number of fused-ring (bicyclic) bond motifs is 2. The Morgan fingerprint density at radius 1 is 1.06 bits per heavy atom. The SMILES string of the molecule is COc1cc(I)ccc1-c1cc2c(=O)n(-c3ccc4c(cnn4CCN4CCCC4)c3)ccc2o1. The molecule has 8 heteroatoms. The molecule has 35 heavy (non-hydrogen) atoms. The summed E-state index contributed by atoms with van der Waals surface area (Å²) >= 11 is 2.24. The first-order valence-electron chi connectivity index (χ1n) is 11.8. The van der Waals surface area contributed by atoms with Crippen LogP contribution in [0.5, 0.6) is 5.75 Å². The van der Waals surface area contributed by atoms with E-state index in [9.17, 15) is 4.79 Å². The molecule has 1 saturated heterocycles. The van der Waals surface area contributed by atoms with Crippen molar-refractivity contribution in [1.82, 2.24) is 19.2 Å². The smallest absolute Gasteiger partial charge is 0.266 e. The van der Waals surface area contributed by atoms with Crippen LogP contribution in [-0.2, 0) is 6.54 Å². The lowest BCUT2D eigenvalue weighted by Crippen LogP contribution is -2.24. The highest BCUT2D eigenvalue weighted by molar-refractivity contribution is 14.1. The van der Waals surface area contributed by atoms with Gasteiger partial charge in [0.1, 0.15) is 17.1 Å². The summed E-state index contributed by atoms with van der Waals surface area (Å²) in [7, 11) is 1.63. The van der Waals surface area contributed by atoms with E-state index in [1.54, 1.807) is 23.9 Å². The third-order valence-electron chi connectivity index (χ3n) is 6.74. The Balaban J connectivity index is 1.34. The number of aromatic nitrogens is 3. The van der Waals surface area contributed by atoms with Gasteiger partial charge in [-0.25, -0.2) is 0 Å². The van der Waals surface area contributed by atoms with Gasteiger partial charge < -0.3 is 14.1 Å². The first kappa shape index (κ1) is 22.4. The standard InChI is InChI=1S/C27H25IN4O3/c1-34-25-15-19(28)4-6-21(25)26-16-22-24(35-26)8-11-31(27(22)33)20-5-7-23-18(14-20)17-29-32(23)13-12-30-9-2-3-10-30/h4-8,11,14-17H,2-3,9-10,12-13H2,1H3. The third-order valence-corrected chi connectivity index (χ3v) is 7.42. The number of hydrogen-bond acceptors (Lipinski definition) is 5. The zero-order valence-corrected chi connectivity index (χ0v) is 21.6. The molecule has 0 atom stereocenters. The fraction of sp³-hybridized carbons (Fsp3) is 0.259. The number of rotatable bonds is 6. The van der Waals surface area contributed by atoms with E-state index in [1.807, 2.05) is 42.6 Å². The van der Waals surface area contributed by atoms with Crippen LogP contribution in [0.4, 0.5) is 0 Å². The maximum Gasteiger partial charge on any atom is 0.266 e. The van der Waals surface area contributed by atoms with E-state index in [1.165, 1.54) is 25.9 Å². The zero-order valence-electron chi connectivity index (χ0n) is 19.4. The summed E-state index contributed by atoms with van der Waals surface area (Å²) in [4.78, 5) is 15.9. The van der Waals surface area contributed by atoms with Gasteiger partial charge in [0, 0.05) is 27.4 Å². The van der Waals surface area contributed by atoms with Gasteiger partial charge >= 0.3 is 0 Å². The summed E-state index contributed by atoms with van der Waals surface area (Å²) in [6.07, 6.45) is 6.23.